The lowest BCUT2D eigenvalue weighted by Gasteiger charge is -2.10. The number of phenols is 1. The van der Waals surface area contributed by atoms with Crippen molar-refractivity contribution in [3.05, 3.63) is 57.8 Å². The van der Waals surface area contributed by atoms with Gasteiger partial charge in [0.2, 0.25) is 0 Å². The molecule has 0 spiro atoms. The fraction of sp³-hybridized carbons (Fsp3) is 0.143. The van der Waals surface area contributed by atoms with Gasteiger partial charge in [0.25, 0.3) is 0 Å². The Kier molecular flexibility index (Phi) is 3.87. The van der Waals surface area contributed by atoms with Crippen molar-refractivity contribution >= 4 is 21.6 Å². The van der Waals surface area contributed by atoms with Gasteiger partial charge in [-0.05, 0) is 31.2 Å². The number of halogens is 2. The van der Waals surface area contributed by atoms with Gasteiger partial charge in [0.15, 0.2) is 0 Å². The topological polar surface area (TPSA) is 32.3 Å². The number of aryl methyl sites for hydroxylation is 1. The zero-order chi connectivity index (χ0) is 13.1. The third-order valence-electron chi connectivity index (χ3n) is 2.64. The molecule has 0 aromatic heterocycles. The van der Waals surface area contributed by atoms with Gasteiger partial charge in [-0.25, -0.2) is 4.39 Å². The number of hydrogen-bond acceptors (Lipinski definition) is 2. The van der Waals surface area contributed by atoms with Gasteiger partial charge in [-0.2, -0.15) is 0 Å². The van der Waals surface area contributed by atoms with Crippen molar-refractivity contribution < 1.29 is 9.50 Å². The largest absolute Gasteiger partial charge is 0.508 e. The standard InChI is InChI=1S/C14H13BrFNO/c1-9-2-5-14(18)10(6-9)8-17-13-4-3-11(15)7-12(13)16/h2-7,17-18H,8H2,1H3. The van der Waals surface area contributed by atoms with Crippen LogP contribution >= 0.6 is 15.9 Å². The van der Waals surface area contributed by atoms with E-state index in [-0.39, 0.29) is 11.6 Å². The average molecular weight is 310 g/mol. The molecule has 0 atom stereocenters. The molecule has 2 nitrogen and oxygen atoms in total. The highest BCUT2D eigenvalue weighted by Crippen LogP contribution is 2.22. The quantitative estimate of drug-likeness (QED) is 0.890. The summed E-state index contributed by atoms with van der Waals surface area (Å²) in [5.74, 6) is -0.109. The highest BCUT2D eigenvalue weighted by molar-refractivity contribution is 9.10. The van der Waals surface area contributed by atoms with Gasteiger partial charge < -0.3 is 10.4 Å². The molecule has 0 saturated heterocycles. The minimum atomic E-state index is -0.323. The van der Waals surface area contributed by atoms with E-state index in [1.54, 1.807) is 18.2 Å². The molecule has 0 amide bonds. The normalized spacial score (nSPS) is 10.4. The summed E-state index contributed by atoms with van der Waals surface area (Å²) in [7, 11) is 0. The van der Waals surface area contributed by atoms with Crippen LogP contribution in [0.3, 0.4) is 0 Å². The molecule has 0 radical (unpaired) electrons. The first-order valence-corrected chi connectivity index (χ1v) is 6.33. The van der Waals surface area contributed by atoms with Crippen molar-refractivity contribution in [1.29, 1.82) is 0 Å². The molecule has 0 saturated carbocycles. The zero-order valence-electron chi connectivity index (χ0n) is 9.87. The average Bonchev–Trinajstić information content (AvgIpc) is 2.32. The Balaban J connectivity index is 2.13. The van der Waals surface area contributed by atoms with Crippen LogP contribution in [0.15, 0.2) is 40.9 Å². The summed E-state index contributed by atoms with van der Waals surface area (Å²) >= 11 is 3.21. The molecule has 2 aromatic rings. The number of benzene rings is 2. The fourth-order valence-electron chi connectivity index (χ4n) is 1.68. The minimum absolute atomic E-state index is 0.214. The lowest BCUT2D eigenvalue weighted by molar-refractivity contribution is 0.469. The monoisotopic (exact) mass is 309 g/mol. The maximum absolute atomic E-state index is 13.6. The van der Waals surface area contributed by atoms with E-state index in [0.29, 0.717) is 16.7 Å². The van der Waals surface area contributed by atoms with Gasteiger partial charge in [-0.3, -0.25) is 0 Å². The second-order valence-corrected chi connectivity index (χ2v) is 5.03. The molecular formula is C14H13BrFNO. The van der Waals surface area contributed by atoms with Crippen molar-refractivity contribution in [2.24, 2.45) is 0 Å². The maximum Gasteiger partial charge on any atom is 0.147 e. The molecule has 0 aliphatic rings. The highest BCUT2D eigenvalue weighted by atomic mass is 79.9. The number of rotatable bonds is 3. The molecule has 94 valence electrons. The summed E-state index contributed by atoms with van der Waals surface area (Å²) in [5.41, 5.74) is 2.22. The van der Waals surface area contributed by atoms with Crippen LogP contribution in [0.5, 0.6) is 5.75 Å². The molecular weight excluding hydrogens is 297 g/mol. The molecule has 0 unspecified atom stereocenters. The Morgan fingerprint density at radius 1 is 1.22 bits per heavy atom. The van der Waals surface area contributed by atoms with Gasteiger partial charge >= 0.3 is 0 Å². The summed E-state index contributed by atoms with van der Waals surface area (Å²) in [6, 6.07) is 10.2. The molecule has 2 N–H and O–H groups in total. The van der Waals surface area contributed by atoms with Gasteiger partial charge in [-0.15, -0.1) is 0 Å². The van der Waals surface area contributed by atoms with E-state index in [1.807, 2.05) is 19.1 Å². The van der Waals surface area contributed by atoms with Crippen LogP contribution in [-0.2, 0) is 6.54 Å². The summed E-state index contributed by atoms with van der Waals surface area (Å²) in [4.78, 5) is 0. The first kappa shape index (κ1) is 12.9. The number of hydrogen-bond donors (Lipinski definition) is 2. The number of nitrogens with one attached hydrogen (secondary N) is 1. The Morgan fingerprint density at radius 3 is 2.72 bits per heavy atom. The van der Waals surface area contributed by atoms with Crippen molar-refractivity contribution in [1.82, 2.24) is 0 Å². The van der Waals surface area contributed by atoms with E-state index in [2.05, 4.69) is 21.2 Å². The Hall–Kier alpha value is -1.55. The Labute approximate surface area is 114 Å². The van der Waals surface area contributed by atoms with E-state index < -0.39 is 0 Å². The molecule has 0 aliphatic heterocycles. The van der Waals surface area contributed by atoms with Crippen molar-refractivity contribution in [2.75, 3.05) is 5.32 Å². The summed E-state index contributed by atoms with van der Waals surface area (Å²) in [6.45, 7) is 2.33. The molecule has 0 aliphatic carbocycles. The second kappa shape index (κ2) is 5.40. The van der Waals surface area contributed by atoms with Crippen LogP contribution in [0.4, 0.5) is 10.1 Å². The molecule has 4 heteroatoms. The SMILES string of the molecule is Cc1ccc(O)c(CNc2ccc(Br)cc2F)c1. The van der Waals surface area contributed by atoms with Gasteiger partial charge in [0, 0.05) is 16.6 Å². The van der Waals surface area contributed by atoms with Crippen molar-refractivity contribution in [3.8, 4) is 5.75 Å². The summed E-state index contributed by atoms with van der Waals surface area (Å²) in [6.07, 6.45) is 0. The summed E-state index contributed by atoms with van der Waals surface area (Å²) in [5, 5.41) is 12.7. The minimum Gasteiger partial charge on any atom is -0.508 e. The maximum atomic E-state index is 13.6. The van der Waals surface area contributed by atoms with Crippen LogP contribution in [0, 0.1) is 12.7 Å². The third kappa shape index (κ3) is 3.01. The van der Waals surface area contributed by atoms with Crippen LogP contribution < -0.4 is 5.32 Å². The molecule has 18 heavy (non-hydrogen) atoms. The molecule has 0 fully saturated rings. The Bertz CT molecular complexity index is 572. The number of aromatic hydroxyl groups is 1. The van der Waals surface area contributed by atoms with E-state index in [4.69, 9.17) is 0 Å². The number of anilines is 1. The fourth-order valence-corrected chi connectivity index (χ4v) is 2.01. The van der Waals surface area contributed by atoms with E-state index in [9.17, 15) is 9.50 Å². The van der Waals surface area contributed by atoms with Crippen LogP contribution in [0.2, 0.25) is 0 Å². The van der Waals surface area contributed by atoms with Gasteiger partial charge in [-0.1, -0.05) is 33.6 Å². The van der Waals surface area contributed by atoms with Gasteiger partial charge in [0.1, 0.15) is 11.6 Å². The lowest BCUT2D eigenvalue weighted by atomic mass is 10.1. The van der Waals surface area contributed by atoms with Crippen LogP contribution in [0.1, 0.15) is 11.1 Å². The van der Waals surface area contributed by atoms with Gasteiger partial charge in [0.05, 0.1) is 5.69 Å². The smallest absolute Gasteiger partial charge is 0.147 e. The third-order valence-corrected chi connectivity index (χ3v) is 3.13. The lowest BCUT2D eigenvalue weighted by Crippen LogP contribution is -2.02. The van der Waals surface area contributed by atoms with Crippen molar-refractivity contribution in [3.63, 3.8) is 0 Å². The second-order valence-electron chi connectivity index (χ2n) is 4.11. The van der Waals surface area contributed by atoms with Crippen LogP contribution in [-0.4, -0.2) is 5.11 Å². The first-order chi connectivity index (χ1) is 8.56. The molecule has 2 aromatic carbocycles. The van der Waals surface area contributed by atoms with E-state index in [1.165, 1.54) is 6.07 Å². The first-order valence-electron chi connectivity index (χ1n) is 5.53. The molecule has 0 bridgehead atoms. The molecule has 0 heterocycles. The van der Waals surface area contributed by atoms with Crippen LogP contribution in [0.25, 0.3) is 0 Å². The van der Waals surface area contributed by atoms with Crippen molar-refractivity contribution in [2.45, 2.75) is 13.5 Å². The van der Waals surface area contributed by atoms with E-state index in [0.717, 1.165) is 11.1 Å². The zero-order valence-corrected chi connectivity index (χ0v) is 11.5. The Morgan fingerprint density at radius 2 is 2.00 bits per heavy atom. The predicted octanol–water partition coefficient (Wildman–Crippen LogP) is 4.21. The predicted molar refractivity (Wildman–Crippen MR) is 74.3 cm³/mol. The summed E-state index contributed by atoms with van der Waals surface area (Å²) < 4.78 is 14.3. The van der Waals surface area contributed by atoms with E-state index >= 15 is 0 Å². The number of phenolic OH excluding ortho intramolecular Hbond substituents is 1. The molecule has 2 rings (SSSR count). The highest BCUT2D eigenvalue weighted by Gasteiger charge is 2.05.